The van der Waals surface area contributed by atoms with Crippen molar-refractivity contribution < 1.29 is 13.0 Å². The van der Waals surface area contributed by atoms with Crippen molar-refractivity contribution in [2.75, 3.05) is 5.75 Å². The van der Waals surface area contributed by atoms with Crippen molar-refractivity contribution in [3.8, 4) is 0 Å². The molecule has 1 aliphatic carbocycles. The minimum Gasteiger partial charge on any atom is -0.328 e. The lowest BCUT2D eigenvalue weighted by molar-refractivity contribution is 0.395. The fourth-order valence-corrected chi connectivity index (χ4v) is 2.13. The van der Waals surface area contributed by atoms with Gasteiger partial charge < -0.3 is 11.5 Å². The van der Waals surface area contributed by atoms with E-state index in [1.807, 2.05) is 6.92 Å². The van der Waals surface area contributed by atoms with Gasteiger partial charge in [0.2, 0.25) is 0 Å². The highest BCUT2D eigenvalue weighted by Gasteiger charge is 2.13. The van der Waals surface area contributed by atoms with E-state index < -0.39 is 10.1 Å². The Kier molecular flexibility index (Phi) is 7.91. The van der Waals surface area contributed by atoms with E-state index in [0.717, 1.165) is 32.1 Å². The van der Waals surface area contributed by atoms with E-state index in [1.54, 1.807) is 0 Å². The van der Waals surface area contributed by atoms with Crippen LogP contribution >= 0.6 is 0 Å². The van der Waals surface area contributed by atoms with E-state index in [0.29, 0.717) is 18.5 Å². The molecule has 16 heavy (non-hydrogen) atoms. The average Bonchev–Trinajstić information content (AvgIpc) is 2.19. The van der Waals surface area contributed by atoms with Gasteiger partial charge in [0.25, 0.3) is 10.1 Å². The van der Waals surface area contributed by atoms with Gasteiger partial charge in [-0.25, -0.2) is 0 Å². The summed E-state index contributed by atoms with van der Waals surface area (Å²) in [5.41, 5.74) is 11.3. The minimum atomic E-state index is -3.69. The molecule has 0 unspecified atom stereocenters. The number of unbranched alkanes of at least 4 members (excludes halogenated alkanes) is 1. The Morgan fingerprint density at radius 1 is 1.12 bits per heavy atom. The van der Waals surface area contributed by atoms with Gasteiger partial charge in [-0.05, 0) is 32.1 Å². The lowest BCUT2D eigenvalue weighted by atomic mass is 9.93. The summed E-state index contributed by atoms with van der Waals surface area (Å²) in [4.78, 5) is 0. The molecule has 5 nitrogen and oxygen atoms in total. The van der Waals surface area contributed by atoms with Crippen LogP contribution in [0.25, 0.3) is 0 Å². The fraction of sp³-hybridized carbons (Fsp3) is 1.00. The second-order valence-electron chi connectivity index (χ2n) is 4.31. The van der Waals surface area contributed by atoms with E-state index in [9.17, 15) is 8.42 Å². The highest BCUT2D eigenvalue weighted by atomic mass is 32.2. The standard InChI is InChI=1S/C6H14N2.C4H10O3S/c7-5-1-2-6(8)4-3-5;1-2-3-4-8(5,6)7/h5-6H,1-4,7-8H2;2-4H2,1H3,(H,5,6,7). The van der Waals surface area contributed by atoms with Crippen LogP contribution in [0.5, 0.6) is 0 Å². The summed E-state index contributed by atoms with van der Waals surface area (Å²) in [5.74, 6) is -0.108. The first kappa shape index (κ1) is 15.8. The highest BCUT2D eigenvalue weighted by molar-refractivity contribution is 7.85. The quantitative estimate of drug-likeness (QED) is 0.647. The molecule has 1 fully saturated rings. The zero-order chi connectivity index (χ0) is 12.6. The van der Waals surface area contributed by atoms with Gasteiger partial charge >= 0.3 is 0 Å². The molecular formula is C10H24N2O3S. The van der Waals surface area contributed by atoms with Crippen LogP contribution in [0.15, 0.2) is 0 Å². The Balaban J connectivity index is 0.000000281. The zero-order valence-corrected chi connectivity index (χ0v) is 10.7. The van der Waals surface area contributed by atoms with Gasteiger partial charge in [0, 0.05) is 12.1 Å². The van der Waals surface area contributed by atoms with Gasteiger partial charge in [0.15, 0.2) is 0 Å². The van der Waals surface area contributed by atoms with Crippen LogP contribution < -0.4 is 11.5 Å². The predicted octanol–water partition coefficient (Wildman–Crippen LogP) is 0.889. The van der Waals surface area contributed by atoms with Crippen molar-refractivity contribution in [3.05, 3.63) is 0 Å². The van der Waals surface area contributed by atoms with Crippen LogP contribution in [0.2, 0.25) is 0 Å². The Morgan fingerprint density at radius 2 is 1.50 bits per heavy atom. The van der Waals surface area contributed by atoms with Crippen LogP contribution in [0.4, 0.5) is 0 Å². The first-order valence-corrected chi connectivity index (χ1v) is 7.42. The van der Waals surface area contributed by atoms with E-state index in [1.165, 1.54) is 0 Å². The van der Waals surface area contributed by atoms with Gasteiger partial charge in [-0.15, -0.1) is 0 Å². The fourth-order valence-electron chi connectivity index (χ4n) is 1.47. The van der Waals surface area contributed by atoms with Crippen molar-refractivity contribution in [1.29, 1.82) is 0 Å². The Labute approximate surface area is 98.3 Å². The number of hydrogen-bond acceptors (Lipinski definition) is 4. The molecule has 0 radical (unpaired) electrons. The Bertz CT molecular complexity index is 249. The zero-order valence-electron chi connectivity index (χ0n) is 9.93. The Hall–Kier alpha value is -0.170. The first-order chi connectivity index (χ1) is 7.35. The molecule has 0 aromatic heterocycles. The maximum atomic E-state index is 9.95. The maximum absolute atomic E-state index is 9.95. The molecule has 0 aromatic carbocycles. The molecule has 0 aromatic rings. The van der Waals surface area contributed by atoms with Gasteiger partial charge in [0.05, 0.1) is 5.75 Å². The lowest BCUT2D eigenvalue weighted by Crippen LogP contribution is -2.33. The molecule has 0 saturated heterocycles. The van der Waals surface area contributed by atoms with Crippen molar-refractivity contribution in [2.45, 2.75) is 57.5 Å². The molecule has 1 saturated carbocycles. The molecule has 0 amide bonds. The van der Waals surface area contributed by atoms with Crippen molar-refractivity contribution in [2.24, 2.45) is 11.5 Å². The summed E-state index contributed by atoms with van der Waals surface area (Å²) in [5, 5.41) is 0. The second-order valence-corrected chi connectivity index (χ2v) is 5.89. The third kappa shape index (κ3) is 10.4. The van der Waals surface area contributed by atoms with Crippen LogP contribution in [0.1, 0.15) is 45.4 Å². The maximum Gasteiger partial charge on any atom is 0.264 e. The molecule has 1 aliphatic rings. The smallest absolute Gasteiger partial charge is 0.264 e. The largest absolute Gasteiger partial charge is 0.328 e. The lowest BCUT2D eigenvalue weighted by Gasteiger charge is -2.22. The van der Waals surface area contributed by atoms with Crippen molar-refractivity contribution >= 4 is 10.1 Å². The van der Waals surface area contributed by atoms with Crippen LogP contribution in [0, 0.1) is 0 Å². The second kappa shape index (κ2) is 8.00. The summed E-state index contributed by atoms with van der Waals surface area (Å²) >= 11 is 0. The van der Waals surface area contributed by atoms with E-state index in [4.69, 9.17) is 16.0 Å². The average molecular weight is 252 g/mol. The van der Waals surface area contributed by atoms with Crippen LogP contribution in [-0.4, -0.2) is 30.8 Å². The summed E-state index contributed by atoms with van der Waals surface area (Å²) in [6.07, 6.45) is 5.84. The molecule has 0 aliphatic heterocycles. The van der Waals surface area contributed by atoms with Crippen molar-refractivity contribution in [1.82, 2.24) is 0 Å². The molecule has 1 rings (SSSR count). The predicted molar refractivity (Wildman–Crippen MR) is 65.7 cm³/mol. The van der Waals surface area contributed by atoms with Gasteiger partial charge in [-0.3, -0.25) is 4.55 Å². The monoisotopic (exact) mass is 252 g/mol. The summed E-state index contributed by atoms with van der Waals surface area (Å²) in [7, 11) is -3.69. The SMILES string of the molecule is CCCCS(=O)(=O)O.NC1CCC(N)CC1. The molecule has 0 bridgehead atoms. The summed E-state index contributed by atoms with van der Waals surface area (Å²) in [6.45, 7) is 1.87. The molecular weight excluding hydrogens is 228 g/mol. The molecule has 98 valence electrons. The first-order valence-electron chi connectivity index (χ1n) is 5.81. The normalized spacial score (nSPS) is 25.8. The van der Waals surface area contributed by atoms with Gasteiger partial charge in [0.1, 0.15) is 0 Å². The molecule has 0 heterocycles. The third-order valence-corrected chi connectivity index (χ3v) is 3.38. The minimum absolute atomic E-state index is 0.108. The molecule has 0 atom stereocenters. The summed E-state index contributed by atoms with van der Waals surface area (Å²) < 4.78 is 28.0. The third-order valence-electron chi connectivity index (χ3n) is 2.57. The Morgan fingerprint density at radius 3 is 1.69 bits per heavy atom. The van der Waals surface area contributed by atoms with Gasteiger partial charge in [-0.1, -0.05) is 13.3 Å². The van der Waals surface area contributed by atoms with Crippen LogP contribution in [-0.2, 0) is 10.1 Å². The number of rotatable bonds is 3. The molecule has 5 N–H and O–H groups in total. The van der Waals surface area contributed by atoms with Crippen molar-refractivity contribution in [3.63, 3.8) is 0 Å². The van der Waals surface area contributed by atoms with E-state index in [-0.39, 0.29) is 5.75 Å². The van der Waals surface area contributed by atoms with Crippen LogP contribution in [0.3, 0.4) is 0 Å². The van der Waals surface area contributed by atoms with E-state index in [2.05, 4.69) is 0 Å². The highest BCUT2D eigenvalue weighted by Crippen LogP contribution is 2.14. The summed E-state index contributed by atoms with van der Waals surface area (Å²) in [6, 6.07) is 0.879. The number of hydrogen-bond donors (Lipinski definition) is 3. The molecule has 6 heteroatoms. The molecule has 0 spiro atoms. The van der Waals surface area contributed by atoms with Gasteiger partial charge in [-0.2, -0.15) is 8.42 Å². The topological polar surface area (TPSA) is 106 Å². The number of nitrogens with two attached hydrogens (primary N) is 2. The van der Waals surface area contributed by atoms with E-state index >= 15 is 0 Å².